The minimum atomic E-state index is -2.64. The first-order chi connectivity index (χ1) is 7.09. The lowest BCUT2D eigenvalue weighted by atomic mass is 10.1. The van der Waals surface area contributed by atoms with Gasteiger partial charge in [-0.15, -0.1) is 0 Å². The summed E-state index contributed by atoms with van der Waals surface area (Å²) in [5.74, 6) is 0. The Kier molecular flexibility index (Phi) is 5.87. The van der Waals surface area contributed by atoms with Crippen molar-refractivity contribution >= 4 is 22.7 Å². The summed E-state index contributed by atoms with van der Waals surface area (Å²) in [4.78, 5) is 0. The summed E-state index contributed by atoms with van der Waals surface area (Å²) in [6, 6.07) is 0. The van der Waals surface area contributed by atoms with Gasteiger partial charge in [-0.2, -0.15) is 0 Å². The molecule has 0 saturated heterocycles. The summed E-state index contributed by atoms with van der Waals surface area (Å²) in [6.45, 7) is 0. The van der Waals surface area contributed by atoms with Gasteiger partial charge in [0, 0.05) is 0 Å². The van der Waals surface area contributed by atoms with Gasteiger partial charge in [0.2, 0.25) is 0 Å². The lowest BCUT2D eigenvalue weighted by Crippen LogP contribution is -2.31. The molecular formula is C7H12O6S2-2. The zero-order valence-corrected chi connectivity index (χ0v) is 9.59. The minimum Gasteiger partial charge on any atom is -0.750 e. The van der Waals surface area contributed by atoms with Crippen LogP contribution in [0.2, 0.25) is 0 Å². The standard InChI is InChI=1S/C7H14O6S2/c8-14(9)12-6-4-2-1-3-5-7(6)13-15(10)11/h6-7H,1-5H2,(H,8,9)(H,10,11)/p-2. The fraction of sp³-hybridized carbons (Fsp3) is 1.00. The molecule has 4 unspecified atom stereocenters. The molecule has 0 N–H and O–H groups in total. The Morgan fingerprint density at radius 1 is 0.867 bits per heavy atom. The molecule has 0 amide bonds. The zero-order valence-electron chi connectivity index (χ0n) is 7.96. The summed E-state index contributed by atoms with van der Waals surface area (Å²) in [6.07, 6.45) is 2.16. The van der Waals surface area contributed by atoms with E-state index in [-0.39, 0.29) is 0 Å². The summed E-state index contributed by atoms with van der Waals surface area (Å²) >= 11 is -5.27. The fourth-order valence-corrected chi connectivity index (χ4v) is 2.51. The van der Waals surface area contributed by atoms with Gasteiger partial charge in [-0.3, -0.25) is 8.37 Å². The molecule has 0 aromatic rings. The molecule has 0 bridgehead atoms. The smallest absolute Gasteiger partial charge is 0.101 e. The zero-order chi connectivity index (χ0) is 11.3. The highest BCUT2D eigenvalue weighted by molar-refractivity contribution is 7.74. The predicted molar refractivity (Wildman–Crippen MR) is 50.7 cm³/mol. The Morgan fingerprint density at radius 3 is 1.60 bits per heavy atom. The van der Waals surface area contributed by atoms with E-state index in [2.05, 4.69) is 8.37 Å². The van der Waals surface area contributed by atoms with E-state index >= 15 is 0 Å². The normalized spacial score (nSPS) is 31.9. The summed E-state index contributed by atoms with van der Waals surface area (Å²) in [7, 11) is 0. The second-order valence-corrected chi connectivity index (χ2v) is 4.52. The van der Waals surface area contributed by atoms with Crippen molar-refractivity contribution in [3.8, 4) is 0 Å². The molecule has 0 aromatic heterocycles. The largest absolute Gasteiger partial charge is 0.750 e. The lowest BCUT2D eigenvalue weighted by molar-refractivity contribution is 0.0537. The summed E-state index contributed by atoms with van der Waals surface area (Å²) in [5.41, 5.74) is 0. The van der Waals surface area contributed by atoms with Gasteiger partial charge in [-0.25, -0.2) is 8.42 Å². The van der Waals surface area contributed by atoms with Gasteiger partial charge < -0.3 is 9.11 Å². The average Bonchev–Trinajstić information content (AvgIpc) is 2.30. The van der Waals surface area contributed by atoms with E-state index in [1.165, 1.54) is 0 Å². The van der Waals surface area contributed by atoms with Crippen LogP contribution in [0.4, 0.5) is 0 Å². The molecule has 1 fully saturated rings. The molecule has 0 heterocycles. The van der Waals surface area contributed by atoms with Crippen LogP contribution in [0.25, 0.3) is 0 Å². The quantitative estimate of drug-likeness (QED) is 0.530. The van der Waals surface area contributed by atoms with Gasteiger partial charge in [-0.05, 0) is 12.8 Å². The van der Waals surface area contributed by atoms with Crippen molar-refractivity contribution in [2.24, 2.45) is 0 Å². The second kappa shape index (κ2) is 6.66. The predicted octanol–water partition coefficient (Wildman–Crippen LogP) is 0.309. The van der Waals surface area contributed by atoms with Gasteiger partial charge in [0.25, 0.3) is 0 Å². The van der Waals surface area contributed by atoms with Crippen LogP contribution in [0.3, 0.4) is 0 Å². The monoisotopic (exact) mass is 256 g/mol. The molecule has 0 aromatic carbocycles. The van der Waals surface area contributed by atoms with E-state index in [0.29, 0.717) is 12.8 Å². The van der Waals surface area contributed by atoms with Crippen LogP contribution in [0.5, 0.6) is 0 Å². The van der Waals surface area contributed by atoms with Crippen molar-refractivity contribution in [3.63, 3.8) is 0 Å². The molecule has 1 aliphatic carbocycles. The highest BCUT2D eigenvalue weighted by Gasteiger charge is 2.26. The van der Waals surface area contributed by atoms with E-state index in [1.807, 2.05) is 0 Å². The van der Waals surface area contributed by atoms with Crippen molar-refractivity contribution in [3.05, 3.63) is 0 Å². The Bertz CT molecular complexity index is 222. The molecule has 1 aliphatic rings. The maximum absolute atomic E-state index is 10.4. The van der Waals surface area contributed by atoms with Crippen LogP contribution in [0.1, 0.15) is 32.1 Å². The highest BCUT2D eigenvalue weighted by Crippen LogP contribution is 2.23. The highest BCUT2D eigenvalue weighted by atomic mass is 32.2. The van der Waals surface area contributed by atoms with Crippen LogP contribution in [-0.4, -0.2) is 29.7 Å². The van der Waals surface area contributed by atoms with Gasteiger partial charge in [0.15, 0.2) is 0 Å². The van der Waals surface area contributed by atoms with Gasteiger partial charge in [0.1, 0.15) is 12.2 Å². The van der Waals surface area contributed by atoms with Gasteiger partial charge in [-0.1, -0.05) is 19.3 Å². The SMILES string of the molecule is O=S([O-])OC1CCCCCC1OS(=O)[O-]. The maximum atomic E-state index is 10.4. The molecule has 6 nitrogen and oxygen atoms in total. The van der Waals surface area contributed by atoms with Crippen molar-refractivity contribution in [2.45, 2.75) is 44.3 Å². The summed E-state index contributed by atoms with van der Waals surface area (Å²) < 4.78 is 50.7. The molecular weight excluding hydrogens is 244 g/mol. The lowest BCUT2D eigenvalue weighted by Gasteiger charge is -2.25. The van der Waals surface area contributed by atoms with Crippen LogP contribution in [-0.2, 0) is 31.1 Å². The van der Waals surface area contributed by atoms with E-state index in [4.69, 9.17) is 0 Å². The number of hydrogen-bond acceptors (Lipinski definition) is 6. The first-order valence-corrected chi connectivity index (χ1v) is 6.62. The molecule has 1 saturated carbocycles. The van der Waals surface area contributed by atoms with Gasteiger partial charge >= 0.3 is 0 Å². The molecule has 0 aliphatic heterocycles. The maximum Gasteiger partial charge on any atom is 0.101 e. The second-order valence-electron chi connectivity index (χ2n) is 3.32. The third-order valence-corrected chi connectivity index (χ3v) is 3.10. The Labute approximate surface area is 93.3 Å². The van der Waals surface area contributed by atoms with E-state index in [1.54, 1.807) is 0 Å². The Balaban J connectivity index is 2.58. The number of hydrogen-bond donors (Lipinski definition) is 0. The van der Waals surface area contributed by atoms with E-state index < -0.39 is 34.9 Å². The third kappa shape index (κ3) is 5.14. The molecule has 4 atom stereocenters. The molecule has 0 radical (unpaired) electrons. The van der Waals surface area contributed by atoms with Crippen molar-refractivity contribution < 1.29 is 25.9 Å². The Hall–Kier alpha value is 0.140. The van der Waals surface area contributed by atoms with Crippen LogP contribution in [0, 0.1) is 0 Å². The van der Waals surface area contributed by atoms with Crippen molar-refractivity contribution in [1.29, 1.82) is 0 Å². The van der Waals surface area contributed by atoms with Crippen LogP contribution in [0.15, 0.2) is 0 Å². The first kappa shape index (κ1) is 13.2. The van der Waals surface area contributed by atoms with E-state index in [9.17, 15) is 17.5 Å². The molecule has 1 rings (SSSR count). The number of rotatable bonds is 4. The molecule has 90 valence electrons. The average molecular weight is 256 g/mol. The van der Waals surface area contributed by atoms with Crippen LogP contribution < -0.4 is 0 Å². The molecule has 8 heteroatoms. The molecule has 15 heavy (non-hydrogen) atoms. The van der Waals surface area contributed by atoms with Crippen molar-refractivity contribution in [2.75, 3.05) is 0 Å². The molecule has 0 spiro atoms. The fourth-order valence-electron chi connectivity index (χ4n) is 1.66. The summed E-state index contributed by atoms with van der Waals surface area (Å²) in [5, 5.41) is 0. The van der Waals surface area contributed by atoms with Crippen molar-refractivity contribution in [1.82, 2.24) is 0 Å². The van der Waals surface area contributed by atoms with Crippen LogP contribution >= 0.6 is 0 Å². The minimum absolute atomic E-state index is 0.496. The Morgan fingerprint density at radius 2 is 1.27 bits per heavy atom. The van der Waals surface area contributed by atoms with E-state index in [0.717, 1.165) is 19.3 Å². The van der Waals surface area contributed by atoms with Gasteiger partial charge in [0.05, 0.1) is 22.7 Å². The topological polar surface area (TPSA) is 98.7 Å². The first-order valence-electron chi connectivity index (χ1n) is 4.62. The third-order valence-electron chi connectivity index (χ3n) is 2.30.